The second-order valence-corrected chi connectivity index (χ2v) is 7.34. The average molecular weight is 352 g/mol. The lowest BCUT2D eigenvalue weighted by atomic mass is 9.84. The van der Waals surface area contributed by atoms with Gasteiger partial charge in [0.25, 0.3) is 5.91 Å². The van der Waals surface area contributed by atoms with Crippen molar-refractivity contribution < 1.29 is 14.3 Å². The van der Waals surface area contributed by atoms with Crippen LogP contribution in [0.5, 0.6) is 0 Å². The summed E-state index contributed by atoms with van der Waals surface area (Å²) in [4.78, 5) is 18.5. The molecule has 1 amide bonds. The fraction of sp³-hybridized carbons (Fsp3) is 0.429. The van der Waals surface area contributed by atoms with Crippen LogP contribution in [0.3, 0.4) is 0 Å². The molecule has 1 spiro atoms. The summed E-state index contributed by atoms with van der Waals surface area (Å²) < 4.78 is 12.1. The van der Waals surface area contributed by atoms with Crippen LogP contribution in [0.25, 0.3) is 0 Å². The van der Waals surface area contributed by atoms with Gasteiger partial charge in [-0.2, -0.15) is 0 Å². The van der Waals surface area contributed by atoms with Gasteiger partial charge in [-0.15, -0.1) is 0 Å². The largest absolute Gasteiger partial charge is 0.373 e. The van der Waals surface area contributed by atoms with Crippen LogP contribution < -0.4 is 0 Å². The van der Waals surface area contributed by atoms with Crippen molar-refractivity contribution in [3.8, 4) is 0 Å². The van der Waals surface area contributed by atoms with Crippen LogP contribution >= 0.6 is 0 Å². The number of ether oxygens (including phenoxy) is 2. The monoisotopic (exact) mass is 352 g/mol. The number of aromatic nitrogens is 1. The van der Waals surface area contributed by atoms with Crippen LogP contribution in [-0.2, 0) is 16.1 Å². The van der Waals surface area contributed by atoms with Gasteiger partial charge in [0.1, 0.15) is 5.60 Å². The van der Waals surface area contributed by atoms with Gasteiger partial charge >= 0.3 is 0 Å². The Labute approximate surface area is 153 Å². The van der Waals surface area contributed by atoms with Crippen LogP contribution in [0.2, 0.25) is 0 Å². The Morgan fingerprint density at radius 2 is 2.12 bits per heavy atom. The maximum absolute atomic E-state index is 12.6. The SMILES string of the molecule is Cc1cccc(C(=O)N2CC3(CC(OCc4ccncc4)CCO3)C2)c1. The Balaban J connectivity index is 1.32. The van der Waals surface area contributed by atoms with Crippen molar-refractivity contribution >= 4 is 5.91 Å². The minimum absolute atomic E-state index is 0.0859. The predicted octanol–water partition coefficient (Wildman–Crippen LogP) is 2.98. The smallest absolute Gasteiger partial charge is 0.254 e. The fourth-order valence-corrected chi connectivity index (χ4v) is 3.79. The number of amides is 1. The van der Waals surface area contributed by atoms with Gasteiger partial charge in [0.15, 0.2) is 0 Å². The van der Waals surface area contributed by atoms with Crippen LogP contribution in [-0.4, -0.2) is 47.2 Å². The predicted molar refractivity (Wildman–Crippen MR) is 97.8 cm³/mol. The van der Waals surface area contributed by atoms with Gasteiger partial charge in [-0.1, -0.05) is 17.7 Å². The highest BCUT2D eigenvalue weighted by atomic mass is 16.5. The molecule has 3 heterocycles. The van der Waals surface area contributed by atoms with E-state index in [1.165, 1.54) is 0 Å². The van der Waals surface area contributed by atoms with Crippen molar-refractivity contribution in [2.75, 3.05) is 19.7 Å². The van der Waals surface area contributed by atoms with Gasteiger partial charge in [0.05, 0.1) is 25.8 Å². The molecule has 1 aromatic heterocycles. The van der Waals surface area contributed by atoms with Gasteiger partial charge in [-0.05, 0) is 43.2 Å². The van der Waals surface area contributed by atoms with E-state index >= 15 is 0 Å². The van der Waals surface area contributed by atoms with Crippen molar-refractivity contribution in [2.24, 2.45) is 0 Å². The maximum atomic E-state index is 12.6. The van der Waals surface area contributed by atoms with E-state index in [-0.39, 0.29) is 17.6 Å². The molecule has 2 aliphatic rings. The summed E-state index contributed by atoms with van der Waals surface area (Å²) in [5.74, 6) is 0.0859. The molecule has 4 rings (SSSR count). The molecule has 0 bridgehead atoms. The molecular formula is C21H24N2O3. The second kappa shape index (κ2) is 7.17. The molecule has 2 fully saturated rings. The summed E-state index contributed by atoms with van der Waals surface area (Å²) in [5.41, 5.74) is 2.75. The van der Waals surface area contributed by atoms with E-state index in [1.807, 2.05) is 48.2 Å². The first-order valence-corrected chi connectivity index (χ1v) is 9.14. The van der Waals surface area contributed by atoms with E-state index in [9.17, 15) is 4.79 Å². The maximum Gasteiger partial charge on any atom is 0.254 e. The number of carbonyl (C=O) groups excluding carboxylic acids is 1. The highest BCUT2D eigenvalue weighted by Crippen LogP contribution is 2.36. The molecule has 2 saturated heterocycles. The minimum Gasteiger partial charge on any atom is -0.373 e. The van der Waals surface area contributed by atoms with Crippen LogP contribution in [0.1, 0.15) is 34.3 Å². The summed E-state index contributed by atoms with van der Waals surface area (Å²) in [7, 11) is 0. The number of likely N-dealkylation sites (tertiary alicyclic amines) is 1. The summed E-state index contributed by atoms with van der Waals surface area (Å²) in [5, 5.41) is 0. The quantitative estimate of drug-likeness (QED) is 0.849. The molecule has 5 heteroatoms. The topological polar surface area (TPSA) is 51.7 Å². The summed E-state index contributed by atoms with van der Waals surface area (Å²) in [6, 6.07) is 11.7. The zero-order chi connectivity index (χ0) is 18.0. The van der Waals surface area contributed by atoms with E-state index < -0.39 is 0 Å². The van der Waals surface area contributed by atoms with Crippen molar-refractivity contribution in [3.63, 3.8) is 0 Å². The molecule has 5 nitrogen and oxygen atoms in total. The Morgan fingerprint density at radius 3 is 2.88 bits per heavy atom. The highest BCUT2D eigenvalue weighted by Gasteiger charge is 2.49. The molecule has 0 saturated carbocycles. The summed E-state index contributed by atoms with van der Waals surface area (Å²) in [6.07, 6.45) is 5.48. The number of hydrogen-bond acceptors (Lipinski definition) is 4. The Kier molecular flexibility index (Phi) is 4.74. The number of nitrogens with zero attached hydrogens (tertiary/aromatic N) is 2. The lowest BCUT2D eigenvalue weighted by Gasteiger charge is -2.53. The molecule has 0 radical (unpaired) electrons. The van der Waals surface area contributed by atoms with E-state index in [0.29, 0.717) is 26.3 Å². The van der Waals surface area contributed by atoms with Gasteiger partial charge < -0.3 is 14.4 Å². The third-order valence-electron chi connectivity index (χ3n) is 5.19. The fourth-order valence-electron chi connectivity index (χ4n) is 3.79. The average Bonchev–Trinajstić information content (AvgIpc) is 2.65. The summed E-state index contributed by atoms with van der Waals surface area (Å²) in [6.45, 7) is 4.58. The number of hydrogen-bond donors (Lipinski definition) is 0. The molecule has 0 N–H and O–H groups in total. The highest BCUT2D eigenvalue weighted by molar-refractivity contribution is 5.95. The zero-order valence-electron chi connectivity index (χ0n) is 15.1. The van der Waals surface area contributed by atoms with Crippen LogP contribution in [0.4, 0.5) is 0 Å². The molecule has 0 aliphatic carbocycles. The first kappa shape index (κ1) is 17.2. The first-order valence-electron chi connectivity index (χ1n) is 9.14. The number of rotatable bonds is 4. The Morgan fingerprint density at radius 1 is 1.31 bits per heavy atom. The van der Waals surface area contributed by atoms with Crippen molar-refractivity contribution in [1.29, 1.82) is 0 Å². The molecule has 1 aromatic carbocycles. The van der Waals surface area contributed by atoms with E-state index in [0.717, 1.165) is 29.5 Å². The van der Waals surface area contributed by atoms with Crippen molar-refractivity contribution in [2.45, 2.75) is 38.1 Å². The van der Waals surface area contributed by atoms with Gasteiger partial charge in [0.2, 0.25) is 0 Å². The van der Waals surface area contributed by atoms with E-state index in [4.69, 9.17) is 9.47 Å². The summed E-state index contributed by atoms with van der Waals surface area (Å²) >= 11 is 0. The standard InChI is InChI=1S/C21H24N2O3/c1-16-3-2-4-18(11-16)20(24)23-14-21(15-23)12-19(7-10-26-21)25-13-17-5-8-22-9-6-17/h2-6,8-9,11,19H,7,10,12-15H2,1H3. The van der Waals surface area contributed by atoms with Gasteiger partial charge in [0, 0.05) is 31.0 Å². The lowest BCUT2D eigenvalue weighted by molar-refractivity contribution is -0.188. The third kappa shape index (κ3) is 3.64. The molecule has 136 valence electrons. The number of aryl methyl sites for hydroxylation is 1. The zero-order valence-corrected chi connectivity index (χ0v) is 15.1. The molecule has 2 aliphatic heterocycles. The molecule has 1 atom stereocenters. The lowest BCUT2D eigenvalue weighted by Crippen LogP contribution is -2.67. The van der Waals surface area contributed by atoms with Gasteiger partial charge in [-0.3, -0.25) is 9.78 Å². The van der Waals surface area contributed by atoms with Crippen molar-refractivity contribution in [1.82, 2.24) is 9.88 Å². The Hall–Kier alpha value is -2.24. The molecular weight excluding hydrogens is 328 g/mol. The number of pyridine rings is 1. The molecule has 26 heavy (non-hydrogen) atoms. The Bertz CT molecular complexity index is 772. The van der Waals surface area contributed by atoms with Gasteiger partial charge in [-0.25, -0.2) is 0 Å². The number of benzene rings is 1. The van der Waals surface area contributed by atoms with E-state index in [2.05, 4.69) is 4.98 Å². The third-order valence-corrected chi connectivity index (χ3v) is 5.19. The van der Waals surface area contributed by atoms with Crippen molar-refractivity contribution in [3.05, 3.63) is 65.5 Å². The second-order valence-electron chi connectivity index (χ2n) is 7.34. The van der Waals surface area contributed by atoms with E-state index in [1.54, 1.807) is 12.4 Å². The minimum atomic E-state index is -0.235. The molecule has 1 unspecified atom stereocenters. The normalized spacial score (nSPS) is 21.4. The number of carbonyl (C=O) groups is 1. The van der Waals surface area contributed by atoms with Crippen LogP contribution in [0.15, 0.2) is 48.8 Å². The first-order chi connectivity index (χ1) is 12.6. The van der Waals surface area contributed by atoms with Crippen LogP contribution in [0, 0.1) is 6.92 Å². The molecule has 2 aromatic rings.